The van der Waals surface area contributed by atoms with E-state index in [1.165, 1.54) is 0 Å². The van der Waals surface area contributed by atoms with E-state index >= 15 is 0 Å². The lowest BCUT2D eigenvalue weighted by atomic mass is 9.87. The van der Waals surface area contributed by atoms with Crippen LogP contribution in [0, 0.1) is 11.8 Å². The summed E-state index contributed by atoms with van der Waals surface area (Å²) in [5.41, 5.74) is 5.48. The number of nitrogens with two attached hydrogens (primary N) is 1. The molecule has 4 nitrogen and oxygen atoms in total. The van der Waals surface area contributed by atoms with Crippen LogP contribution >= 0.6 is 0 Å². The summed E-state index contributed by atoms with van der Waals surface area (Å²) in [5.74, 6) is -0.601. The standard InChI is InChI=1S/C8H15NO3/c1-5(7(9)8(10)11)6-2-3-12-4-6/h5-7H,2-4,9H2,1H3,(H,10,11). The Labute approximate surface area is 71.7 Å². The van der Waals surface area contributed by atoms with Crippen molar-refractivity contribution in [3.05, 3.63) is 0 Å². The van der Waals surface area contributed by atoms with Gasteiger partial charge in [-0.25, -0.2) is 0 Å². The van der Waals surface area contributed by atoms with Crippen LogP contribution in [0.15, 0.2) is 0 Å². The van der Waals surface area contributed by atoms with Crippen molar-refractivity contribution in [1.29, 1.82) is 0 Å². The highest BCUT2D eigenvalue weighted by Gasteiger charge is 2.30. The Hall–Kier alpha value is -0.610. The van der Waals surface area contributed by atoms with Crippen molar-refractivity contribution in [1.82, 2.24) is 0 Å². The molecule has 1 heterocycles. The first-order valence-electron chi connectivity index (χ1n) is 4.19. The molecular formula is C8H15NO3. The number of carbonyl (C=O) groups is 1. The molecule has 0 amide bonds. The van der Waals surface area contributed by atoms with Crippen molar-refractivity contribution >= 4 is 5.97 Å². The Morgan fingerprint density at radius 2 is 2.42 bits per heavy atom. The lowest BCUT2D eigenvalue weighted by Gasteiger charge is -2.20. The monoisotopic (exact) mass is 173 g/mol. The average molecular weight is 173 g/mol. The van der Waals surface area contributed by atoms with Crippen LogP contribution in [0.2, 0.25) is 0 Å². The zero-order valence-corrected chi connectivity index (χ0v) is 7.19. The summed E-state index contributed by atoms with van der Waals surface area (Å²) in [6.07, 6.45) is 0.933. The molecule has 0 aromatic heterocycles. The van der Waals surface area contributed by atoms with Gasteiger partial charge in [-0.3, -0.25) is 4.79 Å². The van der Waals surface area contributed by atoms with Gasteiger partial charge in [-0.05, 0) is 18.3 Å². The topological polar surface area (TPSA) is 72.5 Å². The lowest BCUT2D eigenvalue weighted by molar-refractivity contribution is -0.140. The first kappa shape index (κ1) is 9.48. The Balaban J connectivity index is 2.44. The second kappa shape index (κ2) is 3.87. The van der Waals surface area contributed by atoms with Gasteiger partial charge in [0.05, 0.1) is 0 Å². The van der Waals surface area contributed by atoms with E-state index in [2.05, 4.69) is 0 Å². The second-order valence-corrected chi connectivity index (χ2v) is 3.35. The fourth-order valence-electron chi connectivity index (χ4n) is 1.49. The maximum Gasteiger partial charge on any atom is 0.320 e. The summed E-state index contributed by atoms with van der Waals surface area (Å²) in [6, 6.07) is -0.753. The van der Waals surface area contributed by atoms with Crippen LogP contribution in [-0.2, 0) is 9.53 Å². The number of hydrogen-bond acceptors (Lipinski definition) is 3. The van der Waals surface area contributed by atoms with Crippen LogP contribution in [0.25, 0.3) is 0 Å². The van der Waals surface area contributed by atoms with Crippen molar-refractivity contribution in [2.75, 3.05) is 13.2 Å². The van der Waals surface area contributed by atoms with Gasteiger partial charge in [-0.15, -0.1) is 0 Å². The summed E-state index contributed by atoms with van der Waals surface area (Å²) in [4.78, 5) is 10.5. The molecule has 0 saturated carbocycles. The van der Waals surface area contributed by atoms with Gasteiger partial charge in [0.15, 0.2) is 0 Å². The van der Waals surface area contributed by atoms with Crippen molar-refractivity contribution in [2.45, 2.75) is 19.4 Å². The molecule has 4 heteroatoms. The zero-order chi connectivity index (χ0) is 9.14. The van der Waals surface area contributed by atoms with Crippen LogP contribution in [0.1, 0.15) is 13.3 Å². The minimum Gasteiger partial charge on any atom is -0.480 e. The van der Waals surface area contributed by atoms with Gasteiger partial charge >= 0.3 is 5.97 Å². The molecule has 0 bridgehead atoms. The van der Waals surface area contributed by atoms with Crippen molar-refractivity contribution in [2.24, 2.45) is 17.6 Å². The largest absolute Gasteiger partial charge is 0.480 e. The van der Waals surface area contributed by atoms with Crippen LogP contribution in [-0.4, -0.2) is 30.3 Å². The highest BCUT2D eigenvalue weighted by molar-refractivity contribution is 5.73. The zero-order valence-electron chi connectivity index (χ0n) is 7.19. The molecule has 12 heavy (non-hydrogen) atoms. The highest BCUT2D eigenvalue weighted by Crippen LogP contribution is 2.23. The lowest BCUT2D eigenvalue weighted by Crippen LogP contribution is -2.40. The van der Waals surface area contributed by atoms with Crippen LogP contribution in [0.4, 0.5) is 0 Å². The average Bonchev–Trinajstić information content (AvgIpc) is 2.53. The fourth-order valence-corrected chi connectivity index (χ4v) is 1.49. The third-order valence-corrected chi connectivity index (χ3v) is 2.56. The highest BCUT2D eigenvalue weighted by atomic mass is 16.5. The van der Waals surface area contributed by atoms with Crippen molar-refractivity contribution < 1.29 is 14.6 Å². The maximum absolute atomic E-state index is 10.5. The predicted octanol–water partition coefficient (Wildman–Crippen LogP) is 0.0709. The summed E-state index contributed by atoms with van der Waals surface area (Å²) >= 11 is 0. The van der Waals surface area contributed by atoms with Crippen LogP contribution in [0.3, 0.4) is 0 Å². The molecule has 1 saturated heterocycles. The molecule has 3 unspecified atom stereocenters. The van der Waals surface area contributed by atoms with E-state index in [4.69, 9.17) is 15.6 Å². The molecule has 1 fully saturated rings. The number of carboxylic acid groups (broad SMARTS) is 1. The van der Waals surface area contributed by atoms with Gasteiger partial charge in [0.1, 0.15) is 6.04 Å². The molecule has 0 spiro atoms. The number of aliphatic carboxylic acids is 1. The minimum atomic E-state index is -0.922. The van der Waals surface area contributed by atoms with E-state index in [-0.39, 0.29) is 5.92 Å². The molecule has 3 atom stereocenters. The molecular weight excluding hydrogens is 158 g/mol. The normalized spacial score (nSPS) is 28.3. The van der Waals surface area contributed by atoms with E-state index in [0.717, 1.165) is 13.0 Å². The van der Waals surface area contributed by atoms with E-state index in [0.29, 0.717) is 12.5 Å². The number of rotatable bonds is 3. The Morgan fingerprint density at radius 3 is 2.83 bits per heavy atom. The first-order chi connectivity index (χ1) is 5.63. The Morgan fingerprint density at radius 1 is 1.75 bits per heavy atom. The minimum absolute atomic E-state index is 0.00463. The summed E-state index contributed by atoms with van der Waals surface area (Å²) < 4.78 is 5.16. The number of hydrogen-bond donors (Lipinski definition) is 2. The molecule has 0 radical (unpaired) electrons. The summed E-state index contributed by atoms with van der Waals surface area (Å²) in [5, 5.41) is 8.65. The van der Waals surface area contributed by atoms with E-state index in [1.807, 2.05) is 6.92 Å². The van der Waals surface area contributed by atoms with Gasteiger partial charge in [0.25, 0.3) is 0 Å². The van der Waals surface area contributed by atoms with Gasteiger partial charge < -0.3 is 15.6 Å². The van der Waals surface area contributed by atoms with Crippen LogP contribution < -0.4 is 5.73 Å². The van der Waals surface area contributed by atoms with E-state index in [9.17, 15) is 4.79 Å². The maximum atomic E-state index is 10.5. The van der Waals surface area contributed by atoms with Crippen LogP contribution in [0.5, 0.6) is 0 Å². The Kier molecular flexibility index (Phi) is 3.05. The molecule has 3 N–H and O–H groups in total. The van der Waals surface area contributed by atoms with E-state index < -0.39 is 12.0 Å². The van der Waals surface area contributed by atoms with Gasteiger partial charge in [-0.2, -0.15) is 0 Å². The predicted molar refractivity (Wildman–Crippen MR) is 43.7 cm³/mol. The molecule has 1 aliphatic heterocycles. The van der Waals surface area contributed by atoms with Crippen molar-refractivity contribution in [3.63, 3.8) is 0 Å². The Bertz CT molecular complexity index is 166. The molecule has 70 valence electrons. The summed E-state index contributed by atoms with van der Waals surface area (Å²) in [6.45, 7) is 3.27. The second-order valence-electron chi connectivity index (χ2n) is 3.35. The first-order valence-corrected chi connectivity index (χ1v) is 4.19. The number of carboxylic acids is 1. The summed E-state index contributed by atoms with van der Waals surface area (Å²) in [7, 11) is 0. The van der Waals surface area contributed by atoms with Gasteiger partial charge in [0, 0.05) is 13.2 Å². The van der Waals surface area contributed by atoms with Gasteiger partial charge in [-0.1, -0.05) is 6.92 Å². The quantitative estimate of drug-likeness (QED) is 0.633. The SMILES string of the molecule is CC(C1CCOC1)C(N)C(=O)O. The molecule has 0 aromatic rings. The smallest absolute Gasteiger partial charge is 0.320 e. The van der Waals surface area contributed by atoms with Gasteiger partial charge in [0.2, 0.25) is 0 Å². The third-order valence-electron chi connectivity index (χ3n) is 2.56. The molecule has 1 aliphatic rings. The fraction of sp³-hybridized carbons (Fsp3) is 0.875. The molecule has 0 aromatic carbocycles. The van der Waals surface area contributed by atoms with E-state index in [1.54, 1.807) is 0 Å². The number of ether oxygens (including phenoxy) is 1. The van der Waals surface area contributed by atoms with Crippen molar-refractivity contribution in [3.8, 4) is 0 Å². The molecule has 1 rings (SSSR count). The third kappa shape index (κ3) is 1.95. The molecule has 0 aliphatic carbocycles.